The van der Waals surface area contributed by atoms with Gasteiger partial charge in [-0.25, -0.2) is 9.78 Å². The van der Waals surface area contributed by atoms with Crippen molar-refractivity contribution in [3.05, 3.63) is 70.3 Å². The molecule has 0 radical (unpaired) electrons. The van der Waals surface area contributed by atoms with Gasteiger partial charge in [0.1, 0.15) is 12.4 Å². The SMILES string of the molecule is O=C(OCc1nc2ccccc2c(=O)[nH]1)c1ccc(N2CCCCC2=O)cc1. The van der Waals surface area contributed by atoms with E-state index >= 15 is 0 Å². The van der Waals surface area contributed by atoms with Crippen molar-refractivity contribution in [2.75, 3.05) is 11.4 Å². The molecule has 1 aliphatic heterocycles. The van der Waals surface area contributed by atoms with Crippen LogP contribution in [0.3, 0.4) is 0 Å². The number of fused-ring (bicyclic) bond motifs is 1. The largest absolute Gasteiger partial charge is 0.454 e. The fourth-order valence-corrected chi connectivity index (χ4v) is 3.28. The second-order valence-electron chi connectivity index (χ2n) is 6.66. The first-order chi connectivity index (χ1) is 13.6. The quantitative estimate of drug-likeness (QED) is 0.706. The predicted octanol–water partition coefficient (Wildman–Crippen LogP) is 2.80. The number of carbonyl (C=O) groups excluding carboxylic acids is 2. The van der Waals surface area contributed by atoms with Gasteiger partial charge in [0.15, 0.2) is 0 Å². The van der Waals surface area contributed by atoms with Crippen molar-refractivity contribution >= 4 is 28.5 Å². The molecule has 1 fully saturated rings. The lowest BCUT2D eigenvalue weighted by Crippen LogP contribution is -2.35. The maximum Gasteiger partial charge on any atom is 0.338 e. The van der Waals surface area contributed by atoms with Crippen molar-refractivity contribution in [3.63, 3.8) is 0 Å². The van der Waals surface area contributed by atoms with Gasteiger partial charge in [0.2, 0.25) is 5.91 Å². The number of hydrogen-bond donors (Lipinski definition) is 1. The first kappa shape index (κ1) is 17.9. The summed E-state index contributed by atoms with van der Waals surface area (Å²) in [5.41, 5.74) is 1.43. The number of rotatable bonds is 4. The maximum absolute atomic E-state index is 12.3. The summed E-state index contributed by atoms with van der Waals surface area (Å²) in [6.07, 6.45) is 2.46. The molecule has 0 atom stereocenters. The zero-order valence-corrected chi connectivity index (χ0v) is 15.2. The van der Waals surface area contributed by atoms with Crippen molar-refractivity contribution in [1.29, 1.82) is 0 Å². The molecule has 0 aliphatic carbocycles. The molecule has 1 aliphatic rings. The Bertz CT molecular complexity index is 1090. The average molecular weight is 377 g/mol. The lowest BCUT2D eigenvalue weighted by atomic mass is 10.1. The summed E-state index contributed by atoms with van der Waals surface area (Å²) in [7, 11) is 0. The molecule has 28 heavy (non-hydrogen) atoms. The zero-order valence-electron chi connectivity index (χ0n) is 15.2. The molecule has 0 spiro atoms. The van der Waals surface area contributed by atoms with Crippen LogP contribution in [0.15, 0.2) is 53.3 Å². The molecule has 2 aromatic carbocycles. The van der Waals surface area contributed by atoms with Gasteiger partial charge in [-0.2, -0.15) is 0 Å². The lowest BCUT2D eigenvalue weighted by Gasteiger charge is -2.26. The first-order valence-corrected chi connectivity index (χ1v) is 9.17. The van der Waals surface area contributed by atoms with Crippen LogP contribution < -0.4 is 10.5 Å². The Morgan fingerprint density at radius 2 is 1.86 bits per heavy atom. The smallest absolute Gasteiger partial charge is 0.338 e. The number of ether oxygens (including phenoxy) is 1. The minimum absolute atomic E-state index is 0.105. The standard InChI is InChI=1S/C21H19N3O4/c25-19-7-3-4-12-24(19)15-10-8-14(9-11-15)21(27)28-13-18-22-17-6-2-1-5-16(17)20(26)23-18/h1-2,5-6,8-11H,3-4,7,12-13H2,(H,22,23,26). The summed E-state index contributed by atoms with van der Waals surface area (Å²) in [6.45, 7) is 0.564. The van der Waals surface area contributed by atoms with E-state index in [1.54, 1.807) is 53.4 Å². The van der Waals surface area contributed by atoms with Gasteiger partial charge in [0.05, 0.1) is 16.5 Å². The van der Waals surface area contributed by atoms with E-state index in [1.807, 2.05) is 0 Å². The van der Waals surface area contributed by atoms with Crippen LogP contribution in [-0.4, -0.2) is 28.4 Å². The molecule has 0 saturated carbocycles. The average Bonchev–Trinajstić information content (AvgIpc) is 2.73. The highest BCUT2D eigenvalue weighted by Gasteiger charge is 2.20. The van der Waals surface area contributed by atoms with Crippen LogP contribution in [0.5, 0.6) is 0 Å². The van der Waals surface area contributed by atoms with Gasteiger partial charge in [-0.1, -0.05) is 12.1 Å². The van der Waals surface area contributed by atoms with E-state index in [0.29, 0.717) is 29.4 Å². The van der Waals surface area contributed by atoms with Crippen LogP contribution in [0, 0.1) is 0 Å². The van der Waals surface area contributed by atoms with E-state index in [0.717, 1.165) is 18.5 Å². The minimum Gasteiger partial charge on any atom is -0.454 e. The summed E-state index contributed by atoms with van der Waals surface area (Å²) in [5, 5.41) is 0.487. The predicted molar refractivity (Wildman–Crippen MR) is 104 cm³/mol. The molecule has 0 unspecified atom stereocenters. The summed E-state index contributed by atoms with van der Waals surface area (Å²) in [5.74, 6) is -0.132. The third-order valence-electron chi connectivity index (χ3n) is 4.74. The summed E-state index contributed by atoms with van der Waals surface area (Å²) < 4.78 is 5.27. The molecule has 2 heterocycles. The van der Waals surface area contributed by atoms with Gasteiger partial charge in [0, 0.05) is 18.7 Å². The Kier molecular flexibility index (Phi) is 4.89. The Balaban J connectivity index is 1.44. The Morgan fingerprint density at radius 1 is 1.07 bits per heavy atom. The van der Waals surface area contributed by atoms with E-state index in [2.05, 4.69) is 9.97 Å². The van der Waals surface area contributed by atoms with Crippen LogP contribution >= 0.6 is 0 Å². The molecule has 3 aromatic rings. The third-order valence-corrected chi connectivity index (χ3v) is 4.74. The Morgan fingerprint density at radius 3 is 2.64 bits per heavy atom. The van der Waals surface area contributed by atoms with Crippen LogP contribution in [0.4, 0.5) is 5.69 Å². The number of amides is 1. The number of aromatic nitrogens is 2. The van der Waals surface area contributed by atoms with E-state index in [4.69, 9.17) is 4.74 Å². The second kappa shape index (κ2) is 7.64. The number of esters is 1. The van der Waals surface area contributed by atoms with Gasteiger partial charge in [-0.15, -0.1) is 0 Å². The molecule has 4 rings (SSSR count). The molecular weight excluding hydrogens is 358 g/mol. The van der Waals surface area contributed by atoms with Gasteiger partial charge < -0.3 is 14.6 Å². The number of piperidine rings is 1. The molecule has 1 saturated heterocycles. The molecule has 1 N–H and O–H groups in total. The fraction of sp³-hybridized carbons (Fsp3) is 0.238. The summed E-state index contributed by atoms with van der Waals surface area (Å²) >= 11 is 0. The van der Waals surface area contributed by atoms with Crippen LogP contribution in [0.1, 0.15) is 35.4 Å². The number of hydrogen-bond acceptors (Lipinski definition) is 5. The Hall–Kier alpha value is -3.48. The molecule has 7 heteroatoms. The van der Waals surface area contributed by atoms with Crippen LogP contribution in [-0.2, 0) is 16.1 Å². The van der Waals surface area contributed by atoms with E-state index in [1.165, 1.54) is 0 Å². The number of para-hydroxylation sites is 1. The van der Waals surface area contributed by atoms with Gasteiger partial charge >= 0.3 is 5.97 Å². The van der Waals surface area contributed by atoms with Gasteiger partial charge in [-0.3, -0.25) is 9.59 Å². The van der Waals surface area contributed by atoms with Crippen molar-refractivity contribution in [2.24, 2.45) is 0 Å². The number of H-pyrrole nitrogens is 1. The van der Waals surface area contributed by atoms with E-state index < -0.39 is 5.97 Å². The molecule has 142 valence electrons. The molecular formula is C21H19N3O4. The van der Waals surface area contributed by atoms with Crippen molar-refractivity contribution in [3.8, 4) is 0 Å². The number of nitrogens with zero attached hydrogens (tertiary/aromatic N) is 2. The number of benzene rings is 2. The highest BCUT2D eigenvalue weighted by molar-refractivity contribution is 5.95. The Labute approximate surface area is 161 Å². The highest BCUT2D eigenvalue weighted by Crippen LogP contribution is 2.21. The second-order valence-corrected chi connectivity index (χ2v) is 6.66. The molecule has 0 bridgehead atoms. The normalized spacial score (nSPS) is 14.3. The number of carbonyl (C=O) groups is 2. The molecule has 7 nitrogen and oxygen atoms in total. The van der Waals surface area contributed by atoms with E-state index in [9.17, 15) is 14.4 Å². The fourth-order valence-electron chi connectivity index (χ4n) is 3.28. The first-order valence-electron chi connectivity index (χ1n) is 9.17. The molecule has 1 aromatic heterocycles. The van der Waals surface area contributed by atoms with Crippen molar-refractivity contribution < 1.29 is 14.3 Å². The van der Waals surface area contributed by atoms with Crippen LogP contribution in [0.2, 0.25) is 0 Å². The monoisotopic (exact) mass is 377 g/mol. The topological polar surface area (TPSA) is 92.4 Å². The van der Waals surface area contributed by atoms with Gasteiger partial charge in [0.25, 0.3) is 5.56 Å². The number of anilines is 1. The zero-order chi connectivity index (χ0) is 19.5. The van der Waals surface area contributed by atoms with E-state index in [-0.39, 0.29) is 23.9 Å². The minimum atomic E-state index is -0.521. The van der Waals surface area contributed by atoms with Crippen LogP contribution in [0.25, 0.3) is 10.9 Å². The number of aromatic amines is 1. The summed E-state index contributed by atoms with van der Waals surface area (Å²) in [6, 6.07) is 13.7. The van der Waals surface area contributed by atoms with Gasteiger partial charge in [-0.05, 0) is 49.2 Å². The van der Waals surface area contributed by atoms with Crippen molar-refractivity contribution in [2.45, 2.75) is 25.9 Å². The maximum atomic E-state index is 12.3. The highest BCUT2D eigenvalue weighted by atomic mass is 16.5. The van der Waals surface area contributed by atoms with Crippen molar-refractivity contribution in [1.82, 2.24) is 9.97 Å². The number of nitrogens with one attached hydrogen (secondary N) is 1. The summed E-state index contributed by atoms with van der Waals surface area (Å²) in [4.78, 5) is 45.0. The lowest BCUT2D eigenvalue weighted by molar-refractivity contribution is -0.119. The third kappa shape index (κ3) is 3.64. The molecule has 1 amide bonds.